The highest BCUT2D eigenvalue weighted by Crippen LogP contribution is 2.32. The molecule has 1 aliphatic heterocycles. The van der Waals surface area contributed by atoms with Crippen molar-refractivity contribution in [2.24, 2.45) is 17.8 Å². The second kappa shape index (κ2) is 6.34. The maximum absolute atomic E-state index is 10.8. The van der Waals surface area contributed by atoms with Gasteiger partial charge in [0.05, 0.1) is 0 Å². The van der Waals surface area contributed by atoms with Crippen LogP contribution in [-0.2, 0) is 14.4 Å². The maximum Gasteiger partial charge on any atom is 0.303 e. The van der Waals surface area contributed by atoms with Gasteiger partial charge in [0.15, 0.2) is 0 Å². The van der Waals surface area contributed by atoms with Gasteiger partial charge in [-0.1, -0.05) is 0 Å². The quantitative estimate of drug-likeness (QED) is 0.523. The maximum atomic E-state index is 10.8. The van der Waals surface area contributed by atoms with Gasteiger partial charge in [-0.15, -0.1) is 0 Å². The lowest BCUT2D eigenvalue weighted by Gasteiger charge is -2.36. The molecular formula is C11H17NO6. The molecule has 0 spiro atoms. The van der Waals surface area contributed by atoms with E-state index in [1.165, 1.54) is 0 Å². The normalized spacial score (nSPS) is 27.7. The Kier molecular flexibility index (Phi) is 5.08. The standard InChI is InChI=1S/C11H17NO6/c13-9(14)1-6-4-12-5-7(2-10(15)16)8(6)3-11(17)18/h6-8,12H,1-5H2,(H,13,14)(H,15,16)(H,17,18)/t6-,7+,8?. The van der Waals surface area contributed by atoms with E-state index in [0.717, 1.165) is 0 Å². The van der Waals surface area contributed by atoms with E-state index in [1.54, 1.807) is 0 Å². The zero-order valence-corrected chi connectivity index (χ0v) is 9.83. The number of hydrogen-bond donors (Lipinski definition) is 4. The van der Waals surface area contributed by atoms with Crippen molar-refractivity contribution >= 4 is 17.9 Å². The first kappa shape index (κ1) is 14.4. The molecular weight excluding hydrogens is 242 g/mol. The molecule has 1 heterocycles. The van der Waals surface area contributed by atoms with Crippen molar-refractivity contribution in [1.29, 1.82) is 0 Å². The first-order valence-corrected chi connectivity index (χ1v) is 5.76. The number of piperidine rings is 1. The average Bonchev–Trinajstić information content (AvgIpc) is 2.20. The van der Waals surface area contributed by atoms with Gasteiger partial charge < -0.3 is 20.6 Å². The fraction of sp³-hybridized carbons (Fsp3) is 0.727. The first-order valence-electron chi connectivity index (χ1n) is 5.76. The molecule has 0 aliphatic carbocycles. The van der Waals surface area contributed by atoms with Gasteiger partial charge >= 0.3 is 17.9 Å². The topological polar surface area (TPSA) is 124 Å². The third-order valence-corrected chi connectivity index (χ3v) is 3.31. The second-order valence-corrected chi connectivity index (χ2v) is 4.64. The zero-order chi connectivity index (χ0) is 13.7. The molecule has 0 aromatic carbocycles. The van der Waals surface area contributed by atoms with E-state index < -0.39 is 23.8 Å². The minimum atomic E-state index is -1.02. The number of rotatable bonds is 6. The largest absolute Gasteiger partial charge is 0.481 e. The monoisotopic (exact) mass is 259 g/mol. The van der Waals surface area contributed by atoms with Gasteiger partial charge in [-0.25, -0.2) is 0 Å². The molecule has 1 fully saturated rings. The number of aliphatic carboxylic acids is 3. The summed E-state index contributed by atoms with van der Waals surface area (Å²) in [5.41, 5.74) is 0. The van der Waals surface area contributed by atoms with Crippen LogP contribution in [-0.4, -0.2) is 46.3 Å². The van der Waals surface area contributed by atoms with Crippen molar-refractivity contribution in [3.63, 3.8) is 0 Å². The van der Waals surface area contributed by atoms with Gasteiger partial charge in [0, 0.05) is 19.3 Å². The molecule has 4 N–H and O–H groups in total. The molecule has 0 aromatic rings. The van der Waals surface area contributed by atoms with Crippen LogP contribution in [0.3, 0.4) is 0 Å². The number of nitrogens with one attached hydrogen (secondary N) is 1. The van der Waals surface area contributed by atoms with Crippen LogP contribution in [0.5, 0.6) is 0 Å². The summed E-state index contributed by atoms with van der Waals surface area (Å²) >= 11 is 0. The van der Waals surface area contributed by atoms with Crippen molar-refractivity contribution in [2.75, 3.05) is 13.1 Å². The Morgan fingerprint density at radius 3 is 1.56 bits per heavy atom. The Labute approximate surface area is 104 Å². The summed E-state index contributed by atoms with van der Waals surface area (Å²) in [4.78, 5) is 32.3. The van der Waals surface area contributed by atoms with Gasteiger partial charge in [0.1, 0.15) is 0 Å². The van der Waals surface area contributed by atoms with E-state index in [2.05, 4.69) is 5.32 Å². The van der Waals surface area contributed by atoms with Gasteiger partial charge in [0.2, 0.25) is 0 Å². The Balaban J connectivity index is 2.78. The van der Waals surface area contributed by atoms with Gasteiger partial charge in [-0.05, 0) is 30.8 Å². The van der Waals surface area contributed by atoms with Crippen molar-refractivity contribution in [3.8, 4) is 0 Å². The summed E-state index contributed by atoms with van der Waals surface area (Å²) in [6.45, 7) is 0.834. The molecule has 0 amide bonds. The van der Waals surface area contributed by atoms with Crippen LogP contribution in [0.15, 0.2) is 0 Å². The number of hydrogen-bond acceptors (Lipinski definition) is 4. The third kappa shape index (κ3) is 4.33. The van der Waals surface area contributed by atoms with E-state index in [4.69, 9.17) is 15.3 Å². The summed E-state index contributed by atoms with van der Waals surface area (Å²) in [5, 5.41) is 29.4. The van der Waals surface area contributed by atoms with Gasteiger partial charge in [-0.3, -0.25) is 14.4 Å². The third-order valence-electron chi connectivity index (χ3n) is 3.31. The Bertz CT molecular complexity index is 318. The summed E-state index contributed by atoms with van der Waals surface area (Å²) < 4.78 is 0. The van der Waals surface area contributed by atoms with Crippen molar-refractivity contribution < 1.29 is 29.7 Å². The predicted molar refractivity (Wildman–Crippen MR) is 60.1 cm³/mol. The van der Waals surface area contributed by atoms with Crippen LogP contribution in [0.4, 0.5) is 0 Å². The fourth-order valence-electron chi connectivity index (χ4n) is 2.57. The summed E-state index contributed by atoms with van der Waals surface area (Å²) in [7, 11) is 0. The minimum absolute atomic E-state index is 0.138. The smallest absolute Gasteiger partial charge is 0.303 e. The van der Waals surface area contributed by atoms with Crippen molar-refractivity contribution in [2.45, 2.75) is 19.3 Å². The van der Waals surface area contributed by atoms with E-state index >= 15 is 0 Å². The molecule has 18 heavy (non-hydrogen) atoms. The molecule has 3 atom stereocenters. The lowest BCUT2D eigenvalue weighted by Crippen LogP contribution is -2.45. The first-order chi connectivity index (χ1) is 8.40. The molecule has 0 bridgehead atoms. The lowest BCUT2D eigenvalue weighted by molar-refractivity contribution is -0.145. The van der Waals surface area contributed by atoms with Gasteiger partial charge in [-0.2, -0.15) is 0 Å². The number of carboxylic acid groups (broad SMARTS) is 3. The molecule has 0 saturated carbocycles. The highest BCUT2D eigenvalue weighted by molar-refractivity contribution is 5.70. The lowest BCUT2D eigenvalue weighted by atomic mass is 9.74. The number of carbonyl (C=O) groups is 3. The van der Waals surface area contributed by atoms with Crippen LogP contribution in [0.2, 0.25) is 0 Å². The van der Waals surface area contributed by atoms with Crippen LogP contribution < -0.4 is 5.32 Å². The highest BCUT2D eigenvalue weighted by Gasteiger charge is 2.36. The van der Waals surface area contributed by atoms with Crippen LogP contribution in [0.1, 0.15) is 19.3 Å². The zero-order valence-electron chi connectivity index (χ0n) is 9.83. The molecule has 1 rings (SSSR count). The van der Waals surface area contributed by atoms with E-state index in [1.807, 2.05) is 0 Å². The Morgan fingerprint density at radius 1 is 0.833 bits per heavy atom. The summed E-state index contributed by atoms with van der Waals surface area (Å²) in [5.74, 6) is -4.08. The fourth-order valence-corrected chi connectivity index (χ4v) is 2.57. The second-order valence-electron chi connectivity index (χ2n) is 4.64. The van der Waals surface area contributed by atoms with E-state index in [9.17, 15) is 14.4 Å². The predicted octanol–water partition coefficient (Wildman–Crippen LogP) is -0.138. The highest BCUT2D eigenvalue weighted by atomic mass is 16.4. The molecule has 7 heteroatoms. The Hall–Kier alpha value is -1.63. The van der Waals surface area contributed by atoms with Crippen LogP contribution in [0, 0.1) is 17.8 Å². The minimum Gasteiger partial charge on any atom is -0.481 e. The summed E-state index contributed by atoms with van der Waals surface area (Å²) in [6.07, 6.45) is -0.459. The molecule has 1 saturated heterocycles. The molecule has 0 radical (unpaired) electrons. The molecule has 102 valence electrons. The molecule has 1 aliphatic rings. The summed E-state index contributed by atoms with van der Waals surface area (Å²) in [6, 6.07) is 0. The molecule has 1 unspecified atom stereocenters. The Morgan fingerprint density at radius 2 is 1.22 bits per heavy atom. The van der Waals surface area contributed by atoms with E-state index in [-0.39, 0.29) is 31.1 Å². The SMILES string of the molecule is O=C(O)CC1[C@@H](CC(=O)O)CNC[C@H]1CC(=O)O. The van der Waals surface area contributed by atoms with Gasteiger partial charge in [0.25, 0.3) is 0 Å². The van der Waals surface area contributed by atoms with Crippen molar-refractivity contribution in [3.05, 3.63) is 0 Å². The average molecular weight is 259 g/mol. The van der Waals surface area contributed by atoms with E-state index in [0.29, 0.717) is 13.1 Å². The molecule has 7 nitrogen and oxygen atoms in total. The van der Waals surface area contributed by atoms with Crippen LogP contribution >= 0.6 is 0 Å². The van der Waals surface area contributed by atoms with Crippen LogP contribution in [0.25, 0.3) is 0 Å². The number of carboxylic acids is 3. The molecule has 0 aromatic heterocycles. The van der Waals surface area contributed by atoms with Crippen molar-refractivity contribution in [1.82, 2.24) is 5.32 Å².